The zero-order valence-electron chi connectivity index (χ0n) is 33.6. The molecular formula is C45H55Cl3N4O6. The molecule has 13 heteroatoms. The Balaban J connectivity index is 0.000000259. The highest BCUT2D eigenvalue weighted by molar-refractivity contribution is 6.31. The summed E-state index contributed by atoms with van der Waals surface area (Å²) >= 11 is 12.4. The summed E-state index contributed by atoms with van der Waals surface area (Å²) < 4.78 is 5.38. The minimum atomic E-state index is -0.639. The number of nitrogens with two attached hydrogens (primary N) is 1. The van der Waals surface area contributed by atoms with E-state index in [1.807, 2.05) is 48.5 Å². The first-order valence-corrected chi connectivity index (χ1v) is 20.0. The number of ether oxygens (including phenoxy) is 1. The Morgan fingerprint density at radius 1 is 0.741 bits per heavy atom. The van der Waals surface area contributed by atoms with Crippen LogP contribution in [-0.4, -0.2) is 58.9 Å². The van der Waals surface area contributed by atoms with E-state index in [0.717, 1.165) is 29.5 Å². The van der Waals surface area contributed by atoms with Crippen molar-refractivity contribution in [3.8, 4) is 11.5 Å². The molecule has 2 aliphatic carbocycles. The van der Waals surface area contributed by atoms with Gasteiger partial charge in [0.15, 0.2) is 0 Å². The highest BCUT2D eigenvalue weighted by Crippen LogP contribution is 2.54. The number of amides is 3. The van der Waals surface area contributed by atoms with E-state index in [2.05, 4.69) is 41.9 Å². The van der Waals surface area contributed by atoms with Crippen LogP contribution in [-0.2, 0) is 38.0 Å². The number of carbonyl (C=O) groups is 3. The molecule has 10 nitrogen and oxygen atoms in total. The standard InChI is InChI=1S/C25H31ClN2O4.C20H23ClN2O2.ClH/c1-24(2,3)32-23(31)28-18(12-16-10-11-19(29)13-21(16)26)15-27-22(30)20-14-25(20,4)17-8-6-5-7-9-17;1-20(14-5-3-2-4-6-14)11-17(20)19(25)23-12-15(22)9-13-7-8-16(24)10-18(13)21;/h5-11,13,18,20,29H,12,14-15H2,1-4H3,(H,27,30)(H,28,31);2-8,10,15,17,24H,9,11-12,22H2,1H3,(H,23,25);1H/t18-,20-,25-;15-,17-,20-;/m00./s1. The van der Waals surface area contributed by atoms with Gasteiger partial charge in [-0.15, -0.1) is 12.4 Å². The average Bonchev–Trinajstić information content (AvgIpc) is 4.06. The molecule has 0 bridgehead atoms. The lowest BCUT2D eigenvalue weighted by Crippen LogP contribution is -2.47. The van der Waals surface area contributed by atoms with Crippen molar-refractivity contribution in [2.75, 3.05) is 13.1 Å². The summed E-state index contributed by atoms with van der Waals surface area (Å²) in [5, 5.41) is 28.7. The van der Waals surface area contributed by atoms with Crippen molar-refractivity contribution in [2.45, 2.75) is 88.8 Å². The van der Waals surface area contributed by atoms with Crippen molar-refractivity contribution in [1.82, 2.24) is 16.0 Å². The smallest absolute Gasteiger partial charge is 0.407 e. The number of benzene rings is 4. The lowest BCUT2D eigenvalue weighted by atomic mass is 9.95. The first-order valence-electron chi connectivity index (χ1n) is 19.2. The molecule has 6 atom stereocenters. The molecule has 4 aromatic carbocycles. The topological polar surface area (TPSA) is 163 Å². The molecular weight excluding hydrogens is 799 g/mol. The Bertz CT molecular complexity index is 2030. The van der Waals surface area contributed by atoms with Gasteiger partial charge in [-0.3, -0.25) is 9.59 Å². The molecule has 3 amide bonds. The Morgan fingerprint density at radius 2 is 1.17 bits per heavy atom. The third-order valence-corrected chi connectivity index (χ3v) is 11.5. The molecule has 0 unspecified atom stereocenters. The monoisotopic (exact) mass is 852 g/mol. The first-order chi connectivity index (χ1) is 26.9. The molecule has 0 aliphatic heterocycles. The minimum Gasteiger partial charge on any atom is -0.508 e. The fourth-order valence-corrected chi connectivity index (χ4v) is 7.65. The van der Waals surface area contributed by atoms with Crippen molar-refractivity contribution in [2.24, 2.45) is 17.6 Å². The molecule has 2 saturated carbocycles. The van der Waals surface area contributed by atoms with E-state index in [1.165, 1.54) is 17.7 Å². The van der Waals surface area contributed by atoms with Gasteiger partial charge in [-0.05, 0) is 93.0 Å². The molecule has 4 aromatic rings. The number of carbonyl (C=O) groups excluding carboxylic acids is 3. The Morgan fingerprint density at radius 3 is 1.60 bits per heavy atom. The number of phenols is 2. The molecule has 7 N–H and O–H groups in total. The van der Waals surface area contributed by atoms with Gasteiger partial charge < -0.3 is 36.6 Å². The van der Waals surface area contributed by atoms with Crippen LogP contribution in [0.15, 0.2) is 97.1 Å². The molecule has 58 heavy (non-hydrogen) atoms. The van der Waals surface area contributed by atoms with E-state index >= 15 is 0 Å². The van der Waals surface area contributed by atoms with Gasteiger partial charge in [-0.25, -0.2) is 4.79 Å². The van der Waals surface area contributed by atoms with Crippen LogP contribution in [0.2, 0.25) is 10.0 Å². The van der Waals surface area contributed by atoms with Crippen molar-refractivity contribution >= 4 is 53.5 Å². The maximum Gasteiger partial charge on any atom is 0.407 e. The van der Waals surface area contributed by atoms with Crippen LogP contribution in [0.5, 0.6) is 11.5 Å². The molecule has 0 aromatic heterocycles. The number of aromatic hydroxyl groups is 2. The van der Waals surface area contributed by atoms with Crippen LogP contribution in [0.3, 0.4) is 0 Å². The normalized spacial score (nSPS) is 21.4. The lowest BCUT2D eigenvalue weighted by Gasteiger charge is -2.24. The van der Waals surface area contributed by atoms with Crippen LogP contribution in [0.4, 0.5) is 4.79 Å². The summed E-state index contributed by atoms with van der Waals surface area (Å²) in [7, 11) is 0. The lowest BCUT2D eigenvalue weighted by molar-refractivity contribution is -0.123. The van der Waals surface area contributed by atoms with E-state index < -0.39 is 17.7 Å². The van der Waals surface area contributed by atoms with Gasteiger partial charge >= 0.3 is 6.09 Å². The van der Waals surface area contributed by atoms with Crippen LogP contribution in [0.1, 0.15) is 69.7 Å². The molecule has 312 valence electrons. The molecule has 0 saturated heterocycles. The van der Waals surface area contributed by atoms with Crippen molar-refractivity contribution in [3.05, 3.63) is 129 Å². The predicted octanol–water partition coefficient (Wildman–Crippen LogP) is 8.01. The summed E-state index contributed by atoms with van der Waals surface area (Å²) in [5.74, 6) is 0.105. The van der Waals surface area contributed by atoms with Crippen LogP contribution in [0, 0.1) is 11.8 Å². The van der Waals surface area contributed by atoms with Gasteiger partial charge in [0.25, 0.3) is 0 Å². The van der Waals surface area contributed by atoms with Crippen molar-refractivity contribution in [3.63, 3.8) is 0 Å². The number of alkyl carbamates (subject to hydrolysis) is 1. The van der Waals surface area contributed by atoms with Crippen molar-refractivity contribution < 1.29 is 29.3 Å². The van der Waals surface area contributed by atoms with Gasteiger partial charge in [0, 0.05) is 51.8 Å². The zero-order valence-corrected chi connectivity index (χ0v) is 35.9. The van der Waals surface area contributed by atoms with Crippen LogP contribution >= 0.6 is 35.6 Å². The average molecular weight is 854 g/mol. The predicted molar refractivity (Wildman–Crippen MR) is 232 cm³/mol. The molecule has 6 rings (SSSR count). The second-order valence-electron chi connectivity index (χ2n) is 16.6. The third kappa shape index (κ3) is 12.5. The SMILES string of the molecule is CC(C)(C)OC(=O)N[C@H](CNC(=O)[C@@H]1C[C@@]1(C)c1ccccc1)Cc1ccc(O)cc1Cl.C[C@@]1(c2ccccc2)C[C@H]1C(=O)NC[C@@H](N)Cc1ccc(O)cc1Cl.Cl. The van der Waals surface area contributed by atoms with Crippen molar-refractivity contribution in [1.29, 1.82) is 0 Å². The maximum absolute atomic E-state index is 12.9. The largest absolute Gasteiger partial charge is 0.508 e. The number of hydrogen-bond acceptors (Lipinski definition) is 7. The van der Waals surface area contributed by atoms with Gasteiger partial charge in [0.05, 0.1) is 6.04 Å². The molecule has 0 spiro atoms. The van der Waals surface area contributed by atoms with E-state index in [9.17, 15) is 24.6 Å². The van der Waals surface area contributed by atoms with Gasteiger partial charge in [0.2, 0.25) is 11.8 Å². The molecule has 2 aliphatic rings. The van der Waals surface area contributed by atoms with Crippen LogP contribution in [0.25, 0.3) is 0 Å². The first kappa shape index (κ1) is 46.2. The summed E-state index contributed by atoms with van der Waals surface area (Å²) in [5.41, 5.74) is 9.21. The Labute approximate surface area is 357 Å². The second-order valence-corrected chi connectivity index (χ2v) is 17.4. The van der Waals surface area contributed by atoms with Crippen LogP contribution < -0.4 is 21.7 Å². The molecule has 2 fully saturated rings. The third-order valence-electron chi connectivity index (χ3n) is 10.8. The number of hydrogen-bond donors (Lipinski definition) is 6. The number of halogens is 3. The fraction of sp³-hybridized carbons (Fsp3) is 0.400. The minimum absolute atomic E-state index is 0. The molecule has 0 heterocycles. The summed E-state index contributed by atoms with van der Waals surface area (Å²) in [6.45, 7) is 10.2. The number of phenolic OH excluding ortho intramolecular Hbond substituents is 2. The Hall–Kier alpha value is -4.48. The Kier molecular flexibility index (Phi) is 15.5. The van der Waals surface area contributed by atoms with E-state index in [-0.39, 0.29) is 71.0 Å². The van der Waals surface area contributed by atoms with Gasteiger partial charge in [0.1, 0.15) is 17.1 Å². The quantitative estimate of drug-likeness (QED) is 0.0794. The van der Waals surface area contributed by atoms with Gasteiger partial charge in [-0.1, -0.05) is 110 Å². The molecule has 0 radical (unpaired) electrons. The number of rotatable bonds is 13. The summed E-state index contributed by atoms with van der Waals surface area (Å²) in [6, 6.07) is 29.0. The summed E-state index contributed by atoms with van der Waals surface area (Å²) in [4.78, 5) is 37.7. The van der Waals surface area contributed by atoms with E-state index in [1.54, 1.807) is 45.0 Å². The summed E-state index contributed by atoms with van der Waals surface area (Å²) in [6.07, 6.45) is 2.00. The maximum atomic E-state index is 12.9. The fourth-order valence-electron chi connectivity index (χ4n) is 7.14. The van der Waals surface area contributed by atoms with E-state index in [0.29, 0.717) is 29.4 Å². The van der Waals surface area contributed by atoms with E-state index in [4.69, 9.17) is 33.7 Å². The zero-order chi connectivity index (χ0) is 41.5. The number of nitrogens with one attached hydrogen (secondary N) is 3. The van der Waals surface area contributed by atoms with Gasteiger partial charge in [-0.2, -0.15) is 0 Å². The second kappa shape index (κ2) is 19.5. The highest BCUT2D eigenvalue weighted by atomic mass is 35.5. The highest BCUT2D eigenvalue weighted by Gasteiger charge is 2.56.